The Kier molecular flexibility index (Phi) is 1.31. The molecule has 2 unspecified atom stereocenters. The van der Waals surface area contributed by atoms with Gasteiger partial charge in [0.15, 0.2) is 0 Å². The van der Waals surface area contributed by atoms with E-state index in [0.717, 1.165) is 12.8 Å². The second-order valence-corrected chi connectivity index (χ2v) is 2.28. The lowest BCUT2D eigenvalue weighted by molar-refractivity contribution is 0.337. The first-order valence-corrected chi connectivity index (χ1v) is 2.76. The summed E-state index contributed by atoms with van der Waals surface area (Å²) >= 11 is 0. The van der Waals surface area contributed by atoms with Crippen molar-refractivity contribution in [3.05, 3.63) is 6.92 Å². The van der Waals surface area contributed by atoms with E-state index in [0.29, 0.717) is 12.3 Å². The van der Waals surface area contributed by atoms with Crippen LogP contribution in [0.15, 0.2) is 0 Å². The zero-order valence-electron chi connectivity index (χ0n) is 4.36. The molecule has 1 aliphatic rings. The summed E-state index contributed by atoms with van der Waals surface area (Å²) in [6.07, 6.45) is 1.89. The van der Waals surface area contributed by atoms with Crippen molar-refractivity contribution in [2.24, 2.45) is 5.92 Å². The molecule has 7 heavy (non-hydrogen) atoms. The van der Waals surface area contributed by atoms with Crippen molar-refractivity contribution in [2.75, 3.05) is 0 Å². The summed E-state index contributed by atoms with van der Waals surface area (Å²) in [6.45, 7) is 3.75. The molecule has 1 fully saturated rings. The molecular formula is C6H10F. The highest BCUT2D eigenvalue weighted by Gasteiger charge is 2.19. The van der Waals surface area contributed by atoms with E-state index < -0.39 is 6.17 Å². The molecule has 2 atom stereocenters. The molecule has 1 rings (SSSR count). The summed E-state index contributed by atoms with van der Waals surface area (Å²) in [6, 6.07) is 0. The van der Waals surface area contributed by atoms with E-state index in [2.05, 4.69) is 6.92 Å². The predicted molar refractivity (Wildman–Crippen MR) is 27.6 cm³/mol. The Labute approximate surface area is 43.7 Å². The van der Waals surface area contributed by atoms with Crippen LogP contribution in [0.5, 0.6) is 0 Å². The van der Waals surface area contributed by atoms with Crippen LogP contribution >= 0.6 is 0 Å². The Morgan fingerprint density at radius 3 is 2.29 bits per heavy atom. The highest BCUT2D eigenvalue weighted by atomic mass is 19.1. The minimum absolute atomic E-state index is 0.398. The predicted octanol–water partition coefficient (Wildman–Crippen LogP) is 1.96. The Morgan fingerprint density at radius 2 is 2.14 bits per heavy atom. The molecule has 1 aliphatic carbocycles. The molecule has 0 aromatic heterocycles. The first kappa shape index (κ1) is 5.07. The number of alkyl halides is 1. The normalized spacial score (nSPS) is 42.0. The van der Waals surface area contributed by atoms with E-state index in [9.17, 15) is 4.39 Å². The lowest BCUT2D eigenvalue weighted by Crippen LogP contribution is -1.89. The van der Waals surface area contributed by atoms with Crippen molar-refractivity contribution >= 4 is 0 Å². The SMILES string of the molecule is [CH2]C1CCC(F)C1. The van der Waals surface area contributed by atoms with Crippen LogP contribution in [0.25, 0.3) is 0 Å². The third-order valence-corrected chi connectivity index (χ3v) is 1.48. The summed E-state index contributed by atoms with van der Waals surface area (Å²) in [5.74, 6) is 0.398. The highest BCUT2D eigenvalue weighted by Crippen LogP contribution is 2.26. The fourth-order valence-electron chi connectivity index (χ4n) is 1.01. The average molecular weight is 101 g/mol. The van der Waals surface area contributed by atoms with E-state index >= 15 is 0 Å². The topological polar surface area (TPSA) is 0 Å². The van der Waals surface area contributed by atoms with E-state index in [4.69, 9.17) is 0 Å². The van der Waals surface area contributed by atoms with Crippen molar-refractivity contribution in [2.45, 2.75) is 25.4 Å². The van der Waals surface area contributed by atoms with Crippen LogP contribution < -0.4 is 0 Å². The highest BCUT2D eigenvalue weighted by molar-refractivity contribution is 4.75. The van der Waals surface area contributed by atoms with Crippen LogP contribution in [-0.4, -0.2) is 6.17 Å². The summed E-state index contributed by atoms with van der Waals surface area (Å²) < 4.78 is 12.1. The van der Waals surface area contributed by atoms with E-state index in [1.807, 2.05) is 0 Å². The molecule has 0 heterocycles. The average Bonchev–Trinajstić information content (AvgIpc) is 1.87. The van der Waals surface area contributed by atoms with Gasteiger partial charge in [0.2, 0.25) is 0 Å². The molecule has 0 amide bonds. The van der Waals surface area contributed by atoms with Crippen LogP contribution in [-0.2, 0) is 0 Å². The van der Waals surface area contributed by atoms with Crippen molar-refractivity contribution < 1.29 is 4.39 Å². The maximum absolute atomic E-state index is 12.1. The van der Waals surface area contributed by atoms with Crippen molar-refractivity contribution in [1.82, 2.24) is 0 Å². The first-order chi connectivity index (χ1) is 3.29. The molecule has 1 heteroatoms. The Morgan fingerprint density at radius 1 is 1.43 bits per heavy atom. The Hall–Kier alpha value is -0.0700. The van der Waals surface area contributed by atoms with Crippen LogP contribution in [0.2, 0.25) is 0 Å². The standard InChI is InChI=1S/C6H10F/c1-5-2-3-6(7)4-5/h5-6H,1-4H2. The summed E-state index contributed by atoms with van der Waals surface area (Å²) in [4.78, 5) is 0. The van der Waals surface area contributed by atoms with Gasteiger partial charge in [-0.3, -0.25) is 0 Å². The largest absolute Gasteiger partial charge is 0.247 e. The van der Waals surface area contributed by atoms with E-state index in [1.165, 1.54) is 0 Å². The fraction of sp³-hybridized carbons (Fsp3) is 0.833. The van der Waals surface area contributed by atoms with Gasteiger partial charge in [0.05, 0.1) is 0 Å². The van der Waals surface area contributed by atoms with Gasteiger partial charge in [-0.1, -0.05) is 6.92 Å². The molecule has 0 spiro atoms. The van der Waals surface area contributed by atoms with Crippen molar-refractivity contribution in [3.63, 3.8) is 0 Å². The minimum atomic E-state index is -0.539. The molecule has 1 saturated carbocycles. The van der Waals surface area contributed by atoms with Gasteiger partial charge in [0.25, 0.3) is 0 Å². The van der Waals surface area contributed by atoms with E-state index in [1.54, 1.807) is 0 Å². The van der Waals surface area contributed by atoms with Crippen molar-refractivity contribution in [3.8, 4) is 0 Å². The summed E-state index contributed by atoms with van der Waals surface area (Å²) in [5.41, 5.74) is 0. The maximum atomic E-state index is 12.1. The Bertz CT molecular complexity index is 53.2. The number of hydrogen-bond donors (Lipinski definition) is 0. The third kappa shape index (κ3) is 1.15. The monoisotopic (exact) mass is 101 g/mol. The second-order valence-electron chi connectivity index (χ2n) is 2.28. The summed E-state index contributed by atoms with van der Waals surface area (Å²) in [7, 11) is 0. The molecule has 41 valence electrons. The van der Waals surface area contributed by atoms with Gasteiger partial charge in [0.1, 0.15) is 6.17 Å². The van der Waals surface area contributed by atoms with E-state index in [-0.39, 0.29) is 0 Å². The summed E-state index contributed by atoms with van der Waals surface area (Å²) in [5, 5.41) is 0. The van der Waals surface area contributed by atoms with Gasteiger partial charge < -0.3 is 0 Å². The van der Waals surface area contributed by atoms with Gasteiger partial charge in [-0.05, 0) is 25.2 Å². The molecule has 0 N–H and O–H groups in total. The molecule has 0 aromatic rings. The van der Waals surface area contributed by atoms with Crippen LogP contribution in [0.1, 0.15) is 19.3 Å². The van der Waals surface area contributed by atoms with Gasteiger partial charge in [-0.25, -0.2) is 4.39 Å². The van der Waals surface area contributed by atoms with Gasteiger partial charge in [0, 0.05) is 0 Å². The first-order valence-electron chi connectivity index (χ1n) is 2.76. The lowest BCUT2D eigenvalue weighted by atomic mass is 10.1. The zero-order valence-corrected chi connectivity index (χ0v) is 4.36. The molecule has 1 radical (unpaired) electrons. The molecule has 0 saturated heterocycles. The number of rotatable bonds is 0. The quantitative estimate of drug-likeness (QED) is 0.437. The number of hydrogen-bond acceptors (Lipinski definition) is 0. The van der Waals surface area contributed by atoms with Crippen LogP contribution in [0, 0.1) is 12.8 Å². The molecule has 0 aromatic carbocycles. The van der Waals surface area contributed by atoms with Gasteiger partial charge >= 0.3 is 0 Å². The molecular weight excluding hydrogens is 91.1 g/mol. The molecule has 0 nitrogen and oxygen atoms in total. The van der Waals surface area contributed by atoms with Crippen molar-refractivity contribution in [1.29, 1.82) is 0 Å². The smallest absolute Gasteiger partial charge is 0.100 e. The number of halogens is 1. The second kappa shape index (κ2) is 1.81. The maximum Gasteiger partial charge on any atom is 0.100 e. The fourth-order valence-corrected chi connectivity index (χ4v) is 1.01. The minimum Gasteiger partial charge on any atom is -0.247 e. The lowest BCUT2D eigenvalue weighted by Gasteiger charge is -1.93. The van der Waals surface area contributed by atoms with Gasteiger partial charge in [-0.2, -0.15) is 0 Å². The molecule has 0 bridgehead atoms. The van der Waals surface area contributed by atoms with Crippen LogP contribution in [0.4, 0.5) is 4.39 Å². The zero-order chi connectivity index (χ0) is 5.28. The molecule has 0 aliphatic heterocycles. The Balaban J connectivity index is 2.26. The third-order valence-electron chi connectivity index (χ3n) is 1.48. The van der Waals surface area contributed by atoms with Crippen LogP contribution in [0.3, 0.4) is 0 Å². The van der Waals surface area contributed by atoms with Gasteiger partial charge in [-0.15, -0.1) is 0 Å².